The first kappa shape index (κ1) is 37.1. The number of benzene rings is 2. The fourth-order valence-corrected chi connectivity index (χ4v) is 5.17. The number of hydrazine groups is 1. The summed E-state index contributed by atoms with van der Waals surface area (Å²) in [7, 11) is 0. The summed E-state index contributed by atoms with van der Waals surface area (Å²) in [6, 6.07) is 10.5. The first-order chi connectivity index (χ1) is 23.2. The summed E-state index contributed by atoms with van der Waals surface area (Å²) in [5.74, 6) is -1.84. The van der Waals surface area contributed by atoms with Gasteiger partial charge in [0.25, 0.3) is 0 Å². The minimum atomic E-state index is -0.937. The molecule has 16 heteroatoms. The summed E-state index contributed by atoms with van der Waals surface area (Å²) in [5.41, 5.74) is 3.37. The third kappa shape index (κ3) is 10.9. The molecule has 0 radical (unpaired) electrons. The Kier molecular flexibility index (Phi) is 12.5. The van der Waals surface area contributed by atoms with Crippen molar-refractivity contribution in [3.63, 3.8) is 0 Å². The lowest BCUT2D eigenvalue weighted by Crippen LogP contribution is -2.53. The van der Waals surface area contributed by atoms with Crippen molar-refractivity contribution < 1.29 is 42.0 Å². The molecule has 0 unspecified atom stereocenters. The number of nitrogens with one attached hydrogen (secondary N) is 2. The van der Waals surface area contributed by atoms with E-state index in [9.17, 15) is 28.0 Å². The Morgan fingerprint density at radius 3 is 2.41 bits per heavy atom. The average Bonchev–Trinajstić information content (AvgIpc) is 3.51. The predicted molar refractivity (Wildman–Crippen MR) is 175 cm³/mol. The third-order valence-corrected chi connectivity index (χ3v) is 7.84. The smallest absolute Gasteiger partial charge is 0.414 e. The highest BCUT2D eigenvalue weighted by Crippen LogP contribution is 2.23. The van der Waals surface area contributed by atoms with Crippen LogP contribution in [0.2, 0.25) is 5.02 Å². The molecule has 4 rings (SSSR count). The van der Waals surface area contributed by atoms with Crippen LogP contribution >= 0.6 is 11.6 Å². The standard InChI is InChI=1S/C33H39ClF2N6O7/c1-21(43)42(37-19-23-8-6-10-26(36)30(23)34)25(11-12-29(44)40-13-15-41(16-14-40)32(46)48-33(2,3)4)20-47-31(45)38-28-18-27(39-49-28)22-7-5-9-24(35)17-22/h5-10,17-18,25,37H,11-16,19-20H2,1-4H3,(H,38,45)/t25-/m0/s1. The van der Waals surface area contributed by atoms with E-state index >= 15 is 0 Å². The summed E-state index contributed by atoms with van der Waals surface area (Å²) in [6.07, 6.45) is -1.33. The molecule has 4 amide bonds. The van der Waals surface area contributed by atoms with Crippen LogP contribution in [-0.2, 0) is 25.6 Å². The van der Waals surface area contributed by atoms with Gasteiger partial charge < -0.3 is 23.8 Å². The van der Waals surface area contributed by atoms with E-state index in [0.717, 1.165) is 0 Å². The van der Waals surface area contributed by atoms with Crippen molar-refractivity contribution in [3.8, 4) is 11.3 Å². The van der Waals surface area contributed by atoms with Crippen molar-refractivity contribution in [1.29, 1.82) is 0 Å². The van der Waals surface area contributed by atoms with E-state index in [4.69, 9.17) is 25.6 Å². The van der Waals surface area contributed by atoms with Gasteiger partial charge in [-0.15, -0.1) is 0 Å². The number of carbonyl (C=O) groups is 4. The highest BCUT2D eigenvalue weighted by molar-refractivity contribution is 6.31. The van der Waals surface area contributed by atoms with Crippen molar-refractivity contribution in [3.05, 3.63) is 70.8 Å². The summed E-state index contributed by atoms with van der Waals surface area (Å²) in [5, 5.41) is 7.33. The molecule has 49 heavy (non-hydrogen) atoms. The molecule has 0 saturated carbocycles. The largest absolute Gasteiger partial charge is 0.447 e. The quantitative estimate of drug-likeness (QED) is 0.244. The molecule has 2 heterocycles. The van der Waals surface area contributed by atoms with Crippen molar-refractivity contribution in [2.75, 3.05) is 38.1 Å². The number of amides is 4. The third-order valence-electron chi connectivity index (χ3n) is 7.41. The first-order valence-electron chi connectivity index (χ1n) is 15.6. The van der Waals surface area contributed by atoms with Gasteiger partial charge >= 0.3 is 12.2 Å². The number of halogens is 3. The van der Waals surface area contributed by atoms with Crippen molar-refractivity contribution in [2.45, 2.75) is 58.7 Å². The number of piperazine rings is 1. The normalized spacial score (nSPS) is 13.9. The first-order valence-corrected chi connectivity index (χ1v) is 16.0. The molecule has 1 atom stereocenters. The second kappa shape index (κ2) is 16.6. The van der Waals surface area contributed by atoms with Crippen LogP contribution < -0.4 is 10.7 Å². The molecular weight excluding hydrogens is 666 g/mol. The molecule has 1 aliphatic heterocycles. The molecule has 1 aromatic heterocycles. The monoisotopic (exact) mass is 704 g/mol. The van der Waals surface area contributed by atoms with Gasteiger partial charge in [0.05, 0.1) is 11.1 Å². The maximum Gasteiger partial charge on any atom is 0.414 e. The number of nitrogens with zero attached hydrogens (tertiary/aromatic N) is 4. The Hall–Kier alpha value is -4.76. The van der Waals surface area contributed by atoms with Crippen LogP contribution in [0.4, 0.5) is 24.3 Å². The van der Waals surface area contributed by atoms with Gasteiger partial charge in [-0.25, -0.2) is 23.8 Å². The average molecular weight is 705 g/mol. The topological polar surface area (TPSA) is 147 Å². The van der Waals surface area contributed by atoms with Crippen LogP contribution in [0.1, 0.15) is 46.1 Å². The summed E-state index contributed by atoms with van der Waals surface area (Å²) >= 11 is 6.10. The summed E-state index contributed by atoms with van der Waals surface area (Å²) in [6.45, 7) is 7.41. The molecule has 2 aromatic carbocycles. The molecule has 0 aliphatic carbocycles. The Morgan fingerprint density at radius 1 is 1.04 bits per heavy atom. The Balaban J connectivity index is 1.40. The molecule has 1 aliphatic rings. The second-order valence-electron chi connectivity index (χ2n) is 12.3. The van der Waals surface area contributed by atoms with E-state index in [0.29, 0.717) is 37.3 Å². The van der Waals surface area contributed by atoms with Crippen LogP contribution in [0, 0.1) is 11.6 Å². The fourth-order valence-electron chi connectivity index (χ4n) is 4.98. The van der Waals surface area contributed by atoms with E-state index in [2.05, 4.69) is 15.9 Å². The minimum absolute atomic E-state index is 0.0205. The van der Waals surface area contributed by atoms with Gasteiger partial charge in [0, 0.05) is 57.7 Å². The van der Waals surface area contributed by atoms with Crippen LogP contribution in [0.15, 0.2) is 53.1 Å². The number of hydrogen-bond donors (Lipinski definition) is 2. The number of hydrogen-bond acceptors (Lipinski definition) is 9. The lowest BCUT2D eigenvalue weighted by molar-refractivity contribution is -0.139. The zero-order chi connectivity index (χ0) is 35.7. The van der Waals surface area contributed by atoms with Crippen molar-refractivity contribution in [1.82, 2.24) is 25.4 Å². The van der Waals surface area contributed by atoms with Gasteiger partial charge in [0.1, 0.15) is 29.5 Å². The zero-order valence-corrected chi connectivity index (χ0v) is 28.4. The number of ether oxygens (including phenoxy) is 2. The number of carbonyl (C=O) groups excluding carboxylic acids is 4. The maximum atomic E-state index is 14.0. The lowest BCUT2D eigenvalue weighted by Gasteiger charge is -2.36. The van der Waals surface area contributed by atoms with Gasteiger partial charge in [-0.3, -0.25) is 19.9 Å². The molecule has 1 saturated heterocycles. The van der Waals surface area contributed by atoms with E-state index in [-0.39, 0.29) is 48.5 Å². The Bertz CT molecular complexity index is 1640. The van der Waals surface area contributed by atoms with Gasteiger partial charge in [-0.1, -0.05) is 41.0 Å². The van der Waals surface area contributed by atoms with E-state index in [1.807, 2.05) is 0 Å². The highest BCUT2D eigenvalue weighted by Gasteiger charge is 2.30. The number of anilines is 1. The Morgan fingerprint density at radius 2 is 1.73 bits per heavy atom. The molecular formula is C33H39ClF2N6O7. The SMILES string of the molecule is CC(=O)N(NCc1cccc(F)c1Cl)[C@@H](CCC(=O)N1CCN(C(=O)OC(C)(C)C)CC1)COC(=O)Nc1cc(-c2cccc(F)c2)no1. The van der Waals surface area contributed by atoms with Gasteiger partial charge in [0.15, 0.2) is 0 Å². The Labute approximate surface area is 287 Å². The minimum Gasteiger partial charge on any atom is -0.447 e. The molecule has 13 nitrogen and oxygen atoms in total. The molecule has 264 valence electrons. The lowest BCUT2D eigenvalue weighted by atomic mass is 10.1. The highest BCUT2D eigenvalue weighted by atomic mass is 35.5. The number of rotatable bonds is 11. The molecule has 3 aromatic rings. The van der Waals surface area contributed by atoms with Gasteiger partial charge in [-0.05, 0) is 51.0 Å². The predicted octanol–water partition coefficient (Wildman–Crippen LogP) is 5.60. The van der Waals surface area contributed by atoms with Gasteiger partial charge in [0.2, 0.25) is 17.7 Å². The van der Waals surface area contributed by atoms with Crippen molar-refractivity contribution >= 4 is 41.5 Å². The molecule has 0 bridgehead atoms. The maximum absolute atomic E-state index is 14.0. The van der Waals surface area contributed by atoms with Crippen LogP contribution in [0.5, 0.6) is 0 Å². The van der Waals surface area contributed by atoms with Gasteiger partial charge in [-0.2, -0.15) is 0 Å². The van der Waals surface area contributed by atoms with Crippen LogP contribution in [0.25, 0.3) is 11.3 Å². The number of aromatic nitrogens is 1. The van der Waals surface area contributed by atoms with E-state index < -0.39 is 41.4 Å². The summed E-state index contributed by atoms with van der Waals surface area (Å²) in [4.78, 5) is 54.4. The molecule has 0 spiro atoms. The van der Waals surface area contributed by atoms with Crippen LogP contribution in [0.3, 0.4) is 0 Å². The molecule has 1 fully saturated rings. The molecule has 2 N–H and O–H groups in total. The van der Waals surface area contributed by atoms with E-state index in [1.54, 1.807) is 42.7 Å². The second-order valence-corrected chi connectivity index (χ2v) is 12.7. The van der Waals surface area contributed by atoms with Crippen LogP contribution in [-0.4, -0.2) is 88.4 Å². The van der Waals surface area contributed by atoms with E-state index in [1.165, 1.54) is 48.3 Å². The zero-order valence-electron chi connectivity index (χ0n) is 27.6. The summed E-state index contributed by atoms with van der Waals surface area (Å²) < 4.78 is 43.7. The van der Waals surface area contributed by atoms with Crippen molar-refractivity contribution in [2.24, 2.45) is 0 Å². The fraction of sp³-hybridized carbons (Fsp3) is 0.424.